The Morgan fingerprint density at radius 3 is 2.26 bits per heavy atom. The van der Waals surface area contributed by atoms with E-state index in [1.54, 1.807) is 0 Å². The van der Waals surface area contributed by atoms with E-state index in [2.05, 4.69) is 85.9 Å². The number of carbonyl (C=O) groups excluding carboxylic acids is 1. The zero-order valence-corrected chi connectivity index (χ0v) is 18.1. The number of ether oxygens (including phenoxy) is 1. The van der Waals surface area contributed by atoms with E-state index < -0.39 is 8.07 Å². The maximum atomic E-state index is 12.2. The van der Waals surface area contributed by atoms with E-state index in [1.807, 2.05) is 18.7 Å². The molecule has 4 heteroatoms. The first-order valence-electron chi connectivity index (χ1n) is 9.63. The van der Waals surface area contributed by atoms with Gasteiger partial charge in [-0.15, -0.1) is 11.8 Å². The fourth-order valence-electron chi connectivity index (χ4n) is 4.12. The molecule has 0 radical (unpaired) electrons. The Labute approximate surface area is 168 Å². The van der Waals surface area contributed by atoms with Gasteiger partial charge in [-0.1, -0.05) is 79.0 Å². The molecule has 0 saturated heterocycles. The summed E-state index contributed by atoms with van der Waals surface area (Å²) in [7, 11) is -1.81. The summed E-state index contributed by atoms with van der Waals surface area (Å²) in [4.78, 5) is 13.5. The van der Waals surface area contributed by atoms with Crippen LogP contribution in [0.3, 0.4) is 0 Å². The van der Waals surface area contributed by atoms with E-state index in [0.717, 1.165) is 0 Å². The minimum absolute atomic E-state index is 0.0830. The number of hydrogen-bond acceptors (Lipinski definition) is 3. The highest BCUT2D eigenvalue weighted by molar-refractivity contribution is 8.00. The normalized spacial score (nSPS) is 22.0. The quantitative estimate of drug-likeness (QED) is 0.362. The van der Waals surface area contributed by atoms with E-state index >= 15 is 0 Å². The van der Waals surface area contributed by atoms with Gasteiger partial charge in [-0.3, -0.25) is 4.79 Å². The van der Waals surface area contributed by atoms with Crippen molar-refractivity contribution in [1.82, 2.24) is 0 Å². The lowest BCUT2D eigenvalue weighted by Gasteiger charge is -2.38. The molecular weight excluding hydrogens is 368 g/mol. The second kappa shape index (κ2) is 8.94. The van der Waals surface area contributed by atoms with Crippen LogP contribution in [-0.2, 0) is 9.53 Å². The molecule has 0 unspecified atom stereocenters. The highest BCUT2D eigenvalue weighted by atomic mass is 32.2. The molecule has 2 aromatic carbocycles. The van der Waals surface area contributed by atoms with Gasteiger partial charge in [-0.2, -0.15) is 0 Å². The second-order valence-corrected chi connectivity index (χ2v) is 13.5. The average molecular weight is 397 g/mol. The first kappa shape index (κ1) is 20.0. The molecule has 2 aromatic rings. The number of hydrogen-bond donors (Lipinski definition) is 0. The molecule has 142 valence electrons. The molecule has 0 aromatic heterocycles. The van der Waals surface area contributed by atoms with Crippen LogP contribution in [0.5, 0.6) is 0 Å². The van der Waals surface area contributed by atoms with Gasteiger partial charge in [0.2, 0.25) is 0 Å². The molecule has 0 amide bonds. The molecule has 0 spiro atoms. The predicted molar refractivity (Wildman–Crippen MR) is 117 cm³/mol. The summed E-state index contributed by atoms with van der Waals surface area (Å²) < 4.78 is 5.26. The van der Waals surface area contributed by atoms with Gasteiger partial charge in [0.15, 0.2) is 0 Å². The van der Waals surface area contributed by atoms with Gasteiger partial charge in [0.05, 0.1) is 21.1 Å². The molecule has 3 atom stereocenters. The smallest absolute Gasteiger partial charge is 0.306 e. The lowest BCUT2D eigenvalue weighted by atomic mass is 10.0. The molecule has 0 bridgehead atoms. The molecule has 0 aliphatic heterocycles. The molecular formula is C23H28O2SSi. The van der Waals surface area contributed by atoms with Crippen LogP contribution in [0.15, 0.2) is 77.7 Å². The molecule has 0 saturated carbocycles. The van der Waals surface area contributed by atoms with E-state index in [0.29, 0.717) is 23.8 Å². The van der Waals surface area contributed by atoms with Gasteiger partial charge in [-0.05, 0) is 30.5 Å². The monoisotopic (exact) mass is 396 g/mol. The third-order valence-corrected chi connectivity index (χ3v) is 11.2. The largest absolute Gasteiger partial charge is 0.466 e. The highest BCUT2D eigenvalue weighted by Crippen LogP contribution is 2.48. The number of esters is 1. The Balaban J connectivity index is 1.89. The highest BCUT2D eigenvalue weighted by Gasteiger charge is 2.45. The summed E-state index contributed by atoms with van der Waals surface area (Å²) >= 11 is 1.92. The number of benzene rings is 2. The van der Waals surface area contributed by atoms with Gasteiger partial charge in [0.1, 0.15) is 0 Å². The molecule has 0 heterocycles. The van der Waals surface area contributed by atoms with Crippen molar-refractivity contribution in [2.45, 2.75) is 42.1 Å². The number of rotatable bonds is 7. The lowest BCUT2D eigenvalue weighted by molar-refractivity contribution is -0.143. The van der Waals surface area contributed by atoms with Crippen LogP contribution in [0.25, 0.3) is 0 Å². The van der Waals surface area contributed by atoms with E-state index in [1.165, 1.54) is 10.1 Å². The van der Waals surface area contributed by atoms with Crippen molar-refractivity contribution in [1.29, 1.82) is 0 Å². The molecule has 3 rings (SSSR count). The van der Waals surface area contributed by atoms with Crippen molar-refractivity contribution in [3.8, 4) is 0 Å². The van der Waals surface area contributed by atoms with Crippen LogP contribution in [0.4, 0.5) is 0 Å². The third kappa shape index (κ3) is 4.74. The standard InChI is InChI=1S/C23H28O2SSi/c1-4-25-22(24)17-18-15-16-21(26-19-11-7-5-8-12-19)23(18)27(2,3)20-13-9-6-10-14-20/h5-16,18,21,23H,4,17H2,1-3H3/t18-,21-,23-/m0/s1. The van der Waals surface area contributed by atoms with Crippen molar-refractivity contribution in [2.75, 3.05) is 6.61 Å². The lowest BCUT2D eigenvalue weighted by Crippen LogP contribution is -2.50. The van der Waals surface area contributed by atoms with Crippen LogP contribution >= 0.6 is 11.8 Å². The van der Waals surface area contributed by atoms with Crippen LogP contribution in [-0.4, -0.2) is 25.9 Å². The molecule has 1 aliphatic carbocycles. The SMILES string of the molecule is CCOC(=O)C[C@@H]1C=C[C@H](Sc2ccccc2)[C@H]1[Si](C)(C)c1ccccc1. The maximum Gasteiger partial charge on any atom is 0.306 e. The third-order valence-electron chi connectivity index (χ3n) is 5.44. The topological polar surface area (TPSA) is 26.3 Å². The average Bonchev–Trinajstić information content (AvgIpc) is 3.06. The zero-order chi connectivity index (χ0) is 19.3. The summed E-state index contributed by atoms with van der Waals surface area (Å²) in [6.45, 7) is 7.20. The van der Waals surface area contributed by atoms with Crippen LogP contribution < -0.4 is 5.19 Å². The number of carbonyl (C=O) groups is 1. The summed E-state index contributed by atoms with van der Waals surface area (Å²) in [5, 5.41) is 1.83. The van der Waals surface area contributed by atoms with Gasteiger partial charge < -0.3 is 4.74 Å². The van der Waals surface area contributed by atoms with Gasteiger partial charge >= 0.3 is 5.97 Å². The van der Waals surface area contributed by atoms with Crippen LogP contribution in [0, 0.1) is 5.92 Å². The van der Waals surface area contributed by atoms with Gasteiger partial charge in [-0.25, -0.2) is 0 Å². The van der Waals surface area contributed by atoms with Crippen molar-refractivity contribution >= 4 is 31.0 Å². The first-order chi connectivity index (χ1) is 13.0. The van der Waals surface area contributed by atoms with E-state index in [4.69, 9.17) is 4.74 Å². The van der Waals surface area contributed by atoms with Crippen LogP contribution in [0.2, 0.25) is 18.6 Å². The van der Waals surface area contributed by atoms with Crippen molar-refractivity contribution in [3.63, 3.8) is 0 Å². The first-order valence-corrected chi connectivity index (χ1v) is 13.6. The Morgan fingerprint density at radius 1 is 1.00 bits per heavy atom. The minimum atomic E-state index is -1.81. The molecule has 0 fully saturated rings. The fraction of sp³-hybridized carbons (Fsp3) is 0.348. The predicted octanol–water partition coefficient (Wildman–Crippen LogP) is 5.27. The minimum Gasteiger partial charge on any atom is -0.466 e. The maximum absolute atomic E-state index is 12.2. The Hall–Kier alpha value is -1.78. The Bertz CT molecular complexity index is 773. The van der Waals surface area contributed by atoms with Crippen molar-refractivity contribution in [2.24, 2.45) is 5.92 Å². The number of allylic oxidation sites excluding steroid dienone is 1. The summed E-state index contributed by atoms with van der Waals surface area (Å²) in [5.41, 5.74) is 0.453. The summed E-state index contributed by atoms with van der Waals surface area (Å²) in [6, 6.07) is 21.4. The summed E-state index contributed by atoms with van der Waals surface area (Å²) in [6.07, 6.45) is 5.06. The zero-order valence-electron chi connectivity index (χ0n) is 16.3. The van der Waals surface area contributed by atoms with Gasteiger partial charge in [0.25, 0.3) is 0 Å². The molecule has 1 aliphatic rings. The van der Waals surface area contributed by atoms with Crippen molar-refractivity contribution in [3.05, 3.63) is 72.8 Å². The number of thioether (sulfide) groups is 1. The van der Waals surface area contributed by atoms with E-state index in [-0.39, 0.29) is 11.9 Å². The molecule has 2 nitrogen and oxygen atoms in total. The summed E-state index contributed by atoms with van der Waals surface area (Å²) in [5.74, 6) is 0.160. The van der Waals surface area contributed by atoms with Crippen molar-refractivity contribution < 1.29 is 9.53 Å². The second-order valence-electron chi connectivity index (χ2n) is 7.57. The van der Waals surface area contributed by atoms with Gasteiger partial charge in [0, 0.05) is 10.1 Å². The van der Waals surface area contributed by atoms with E-state index in [9.17, 15) is 4.79 Å². The van der Waals surface area contributed by atoms with Crippen LogP contribution in [0.1, 0.15) is 13.3 Å². The molecule has 27 heavy (non-hydrogen) atoms. The Kier molecular flexibility index (Phi) is 6.61. The Morgan fingerprint density at radius 2 is 1.63 bits per heavy atom. The molecule has 0 N–H and O–H groups in total. The fourth-order valence-corrected chi connectivity index (χ4v) is 10.2.